The molecule has 2 N–H and O–H groups in total. The summed E-state index contributed by atoms with van der Waals surface area (Å²) in [6.45, 7) is 0.693. The molecular formula is C11H15N3O4. The SMILES string of the molecule is C#CCN(C)C(=O)N1CCNC(=O)C1CC(=O)O. The molecule has 1 saturated heterocycles. The second-order valence-electron chi connectivity index (χ2n) is 3.94. The summed E-state index contributed by atoms with van der Waals surface area (Å²) in [5.74, 6) is 0.733. The fraction of sp³-hybridized carbons (Fsp3) is 0.545. The molecule has 1 heterocycles. The number of rotatable bonds is 3. The van der Waals surface area contributed by atoms with Gasteiger partial charge in [-0.25, -0.2) is 4.79 Å². The Kier molecular flexibility index (Phi) is 4.54. The van der Waals surface area contributed by atoms with Crippen molar-refractivity contribution in [3.8, 4) is 12.3 Å². The minimum Gasteiger partial charge on any atom is -0.481 e. The monoisotopic (exact) mass is 253 g/mol. The third-order valence-electron chi connectivity index (χ3n) is 2.60. The summed E-state index contributed by atoms with van der Waals surface area (Å²) in [6.07, 6.45) is 4.69. The lowest BCUT2D eigenvalue weighted by molar-refractivity contribution is -0.142. The maximum atomic E-state index is 12.0. The molecule has 1 rings (SSSR count). The molecule has 0 aromatic rings. The van der Waals surface area contributed by atoms with Crippen LogP contribution < -0.4 is 5.32 Å². The summed E-state index contributed by atoms with van der Waals surface area (Å²) < 4.78 is 0. The number of carbonyl (C=O) groups excluding carboxylic acids is 2. The van der Waals surface area contributed by atoms with Gasteiger partial charge in [-0.15, -0.1) is 6.42 Å². The number of hydrogen-bond acceptors (Lipinski definition) is 3. The Morgan fingerprint density at radius 1 is 1.67 bits per heavy atom. The van der Waals surface area contributed by atoms with Gasteiger partial charge in [0.15, 0.2) is 0 Å². The summed E-state index contributed by atoms with van der Waals surface area (Å²) in [5, 5.41) is 11.3. The number of hydrogen-bond donors (Lipinski definition) is 2. The third-order valence-corrected chi connectivity index (χ3v) is 2.60. The summed E-state index contributed by atoms with van der Waals surface area (Å²) in [5.41, 5.74) is 0. The lowest BCUT2D eigenvalue weighted by Crippen LogP contribution is -2.60. The second-order valence-corrected chi connectivity index (χ2v) is 3.94. The Morgan fingerprint density at radius 3 is 2.89 bits per heavy atom. The van der Waals surface area contributed by atoms with Crippen LogP contribution >= 0.6 is 0 Å². The number of carboxylic acids is 1. The first-order chi connectivity index (χ1) is 8.47. The topological polar surface area (TPSA) is 90.0 Å². The maximum Gasteiger partial charge on any atom is 0.321 e. The zero-order valence-corrected chi connectivity index (χ0v) is 10.0. The average Bonchev–Trinajstić information content (AvgIpc) is 2.30. The van der Waals surface area contributed by atoms with Gasteiger partial charge in [0.1, 0.15) is 6.04 Å². The van der Waals surface area contributed by atoms with Crippen molar-refractivity contribution in [2.45, 2.75) is 12.5 Å². The number of aliphatic carboxylic acids is 1. The van der Waals surface area contributed by atoms with Gasteiger partial charge in [0.05, 0.1) is 13.0 Å². The fourth-order valence-electron chi connectivity index (χ4n) is 1.74. The highest BCUT2D eigenvalue weighted by Crippen LogP contribution is 2.11. The normalized spacial score (nSPS) is 18.8. The number of carboxylic acid groups (broad SMARTS) is 1. The van der Waals surface area contributed by atoms with Crippen molar-refractivity contribution >= 4 is 17.9 Å². The quantitative estimate of drug-likeness (QED) is 0.628. The van der Waals surface area contributed by atoms with Crippen LogP contribution in [0.2, 0.25) is 0 Å². The van der Waals surface area contributed by atoms with Gasteiger partial charge in [-0.3, -0.25) is 9.59 Å². The van der Waals surface area contributed by atoms with Gasteiger partial charge in [-0.1, -0.05) is 5.92 Å². The van der Waals surface area contributed by atoms with Crippen molar-refractivity contribution in [3.63, 3.8) is 0 Å². The van der Waals surface area contributed by atoms with E-state index in [1.165, 1.54) is 16.8 Å². The van der Waals surface area contributed by atoms with E-state index in [2.05, 4.69) is 11.2 Å². The molecule has 0 bridgehead atoms. The minimum absolute atomic E-state index is 0.108. The fourth-order valence-corrected chi connectivity index (χ4v) is 1.74. The summed E-state index contributed by atoms with van der Waals surface area (Å²) in [6, 6.07) is -1.42. The molecule has 0 spiro atoms. The zero-order valence-electron chi connectivity index (χ0n) is 10.0. The van der Waals surface area contributed by atoms with Crippen LogP contribution in [0, 0.1) is 12.3 Å². The molecule has 0 aliphatic carbocycles. The van der Waals surface area contributed by atoms with Gasteiger partial charge < -0.3 is 20.2 Å². The molecule has 7 nitrogen and oxygen atoms in total. The smallest absolute Gasteiger partial charge is 0.321 e. The molecule has 1 fully saturated rings. The molecule has 1 unspecified atom stereocenters. The van der Waals surface area contributed by atoms with Gasteiger partial charge in [0.25, 0.3) is 0 Å². The minimum atomic E-state index is -1.13. The van der Waals surface area contributed by atoms with Gasteiger partial charge >= 0.3 is 12.0 Å². The van der Waals surface area contributed by atoms with E-state index in [0.717, 1.165) is 0 Å². The highest BCUT2D eigenvalue weighted by molar-refractivity contribution is 5.91. The van der Waals surface area contributed by atoms with E-state index in [-0.39, 0.29) is 13.1 Å². The van der Waals surface area contributed by atoms with Crippen LogP contribution in [0.15, 0.2) is 0 Å². The first-order valence-electron chi connectivity index (χ1n) is 5.42. The van der Waals surface area contributed by atoms with E-state index in [4.69, 9.17) is 11.5 Å². The van der Waals surface area contributed by atoms with Crippen LogP contribution in [0.3, 0.4) is 0 Å². The van der Waals surface area contributed by atoms with Crippen molar-refractivity contribution in [2.75, 3.05) is 26.7 Å². The predicted octanol–water partition coefficient (Wildman–Crippen LogP) is -1.05. The maximum absolute atomic E-state index is 12.0. The van der Waals surface area contributed by atoms with Gasteiger partial charge in [-0.05, 0) is 0 Å². The highest BCUT2D eigenvalue weighted by atomic mass is 16.4. The van der Waals surface area contributed by atoms with E-state index in [1.807, 2.05) is 0 Å². The molecule has 1 atom stereocenters. The number of nitrogens with one attached hydrogen (secondary N) is 1. The lowest BCUT2D eigenvalue weighted by Gasteiger charge is -2.36. The largest absolute Gasteiger partial charge is 0.481 e. The number of carbonyl (C=O) groups is 3. The third kappa shape index (κ3) is 3.13. The number of nitrogens with zero attached hydrogens (tertiary/aromatic N) is 2. The first-order valence-corrected chi connectivity index (χ1v) is 5.42. The Hall–Kier alpha value is -2.23. The lowest BCUT2D eigenvalue weighted by atomic mass is 10.1. The van der Waals surface area contributed by atoms with Crippen molar-refractivity contribution < 1.29 is 19.5 Å². The van der Waals surface area contributed by atoms with Crippen LogP contribution in [0.1, 0.15) is 6.42 Å². The van der Waals surface area contributed by atoms with Crippen molar-refractivity contribution in [3.05, 3.63) is 0 Å². The molecule has 1 aliphatic heterocycles. The van der Waals surface area contributed by atoms with Gasteiger partial charge in [-0.2, -0.15) is 0 Å². The highest BCUT2D eigenvalue weighted by Gasteiger charge is 2.35. The van der Waals surface area contributed by atoms with Crippen LogP contribution in [0.25, 0.3) is 0 Å². The van der Waals surface area contributed by atoms with Crippen LogP contribution in [0.5, 0.6) is 0 Å². The molecular weight excluding hydrogens is 238 g/mol. The number of terminal acetylenes is 1. The zero-order chi connectivity index (χ0) is 13.7. The molecule has 3 amide bonds. The summed E-state index contributed by atoms with van der Waals surface area (Å²) in [7, 11) is 1.51. The van der Waals surface area contributed by atoms with Crippen molar-refractivity contribution in [1.29, 1.82) is 0 Å². The molecule has 0 aromatic heterocycles. The molecule has 0 saturated carbocycles. The van der Waals surface area contributed by atoms with Crippen molar-refractivity contribution in [1.82, 2.24) is 15.1 Å². The molecule has 7 heteroatoms. The Bertz CT molecular complexity index is 402. The summed E-state index contributed by atoms with van der Waals surface area (Å²) >= 11 is 0. The molecule has 98 valence electrons. The number of amides is 3. The van der Waals surface area contributed by atoms with Gasteiger partial charge in [0, 0.05) is 20.1 Å². The Balaban J connectivity index is 2.82. The molecule has 1 aliphatic rings. The summed E-state index contributed by atoms with van der Waals surface area (Å²) in [4.78, 5) is 36.8. The van der Waals surface area contributed by atoms with Crippen LogP contribution in [0.4, 0.5) is 4.79 Å². The van der Waals surface area contributed by atoms with Crippen LogP contribution in [-0.2, 0) is 9.59 Å². The molecule has 18 heavy (non-hydrogen) atoms. The Labute approximate surface area is 105 Å². The van der Waals surface area contributed by atoms with E-state index in [1.54, 1.807) is 0 Å². The average molecular weight is 253 g/mol. The van der Waals surface area contributed by atoms with E-state index < -0.39 is 30.4 Å². The molecule has 0 aromatic carbocycles. The van der Waals surface area contributed by atoms with E-state index in [0.29, 0.717) is 6.54 Å². The van der Waals surface area contributed by atoms with E-state index >= 15 is 0 Å². The second kappa shape index (κ2) is 5.91. The van der Waals surface area contributed by atoms with Crippen molar-refractivity contribution in [2.24, 2.45) is 0 Å². The number of urea groups is 1. The van der Waals surface area contributed by atoms with Gasteiger partial charge in [0.2, 0.25) is 5.91 Å². The standard InChI is InChI=1S/C11H15N3O4/c1-3-5-13(2)11(18)14-6-4-12-10(17)8(14)7-9(15)16/h1,8H,4-7H2,2H3,(H,12,17)(H,15,16). The first kappa shape index (κ1) is 13.8. The Morgan fingerprint density at radius 2 is 2.33 bits per heavy atom. The molecule has 0 radical (unpaired) electrons. The predicted molar refractivity (Wildman–Crippen MR) is 62.6 cm³/mol. The number of piperazine rings is 1. The van der Waals surface area contributed by atoms with Crippen LogP contribution in [-0.4, -0.2) is 65.5 Å². The van der Waals surface area contributed by atoms with E-state index in [9.17, 15) is 14.4 Å².